The van der Waals surface area contributed by atoms with Gasteiger partial charge in [0.15, 0.2) is 0 Å². The Balaban J connectivity index is -0.00000176. The fourth-order valence-corrected chi connectivity index (χ4v) is 3.23. The Morgan fingerprint density at radius 3 is 1.54 bits per heavy atom. The molecule has 136 valence electrons. The molecule has 0 spiro atoms. The molecule has 2 heteroatoms. The van der Waals surface area contributed by atoms with E-state index in [-0.39, 0.29) is 40.6 Å². The smallest absolute Gasteiger partial charge is 1.00 e. The first-order valence-corrected chi connectivity index (χ1v) is 10.1. The van der Waals surface area contributed by atoms with Crippen molar-refractivity contribution in [2.75, 3.05) is 0 Å². The Morgan fingerprint density at radius 1 is 0.667 bits per heavy atom. The zero-order chi connectivity index (χ0) is 16.6. The summed E-state index contributed by atoms with van der Waals surface area (Å²) in [5, 5.41) is 9.71. The molecule has 0 radical (unpaired) electrons. The first-order chi connectivity index (χ1) is 11.3. The molecule has 0 fully saturated rings. The van der Waals surface area contributed by atoms with Crippen LogP contribution >= 0.6 is 0 Å². The molecule has 0 aromatic heterocycles. The SMILES string of the molecule is CCCCCCCCCCCCCCCCc1ccccc1O.[Ca+2].[H-].[H-]. The van der Waals surface area contributed by atoms with Crippen LogP contribution in [0.5, 0.6) is 5.75 Å². The van der Waals surface area contributed by atoms with Crippen molar-refractivity contribution in [3.8, 4) is 5.75 Å². The third kappa shape index (κ3) is 13.6. The third-order valence-corrected chi connectivity index (χ3v) is 4.79. The van der Waals surface area contributed by atoms with E-state index in [0.717, 1.165) is 12.0 Å². The summed E-state index contributed by atoms with van der Waals surface area (Å²) in [4.78, 5) is 0. The summed E-state index contributed by atoms with van der Waals surface area (Å²) >= 11 is 0. The number of benzene rings is 1. The summed E-state index contributed by atoms with van der Waals surface area (Å²) in [7, 11) is 0. The molecule has 0 aliphatic rings. The van der Waals surface area contributed by atoms with Gasteiger partial charge in [-0.15, -0.1) is 0 Å². The van der Waals surface area contributed by atoms with E-state index in [2.05, 4.69) is 6.92 Å². The Bertz CT molecular complexity index is 388. The van der Waals surface area contributed by atoms with Crippen LogP contribution in [0, 0.1) is 0 Å². The van der Waals surface area contributed by atoms with Gasteiger partial charge in [-0.3, -0.25) is 0 Å². The number of phenolic OH excluding ortho intramolecular Hbond substituents is 1. The number of rotatable bonds is 15. The maximum absolute atomic E-state index is 9.71. The minimum absolute atomic E-state index is 0. The maximum Gasteiger partial charge on any atom is 2.00 e. The van der Waals surface area contributed by atoms with E-state index in [1.807, 2.05) is 18.2 Å². The number of phenols is 1. The first kappa shape index (κ1) is 24.3. The van der Waals surface area contributed by atoms with Crippen molar-refractivity contribution in [2.45, 2.75) is 103 Å². The fraction of sp³-hybridized carbons (Fsp3) is 0.727. The Hall–Kier alpha value is 0.280. The van der Waals surface area contributed by atoms with Gasteiger partial charge in [0, 0.05) is 0 Å². The molecule has 0 heterocycles. The second-order valence-electron chi connectivity index (χ2n) is 6.97. The van der Waals surface area contributed by atoms with Gasteiger partial charge in [0.25, 0.3) is 0 Å². The molecule has 1 aromatic rings. The zero-order valence-electron chi connectivity index (χ0n) is 18.1. The van der Waals surface area contributed by atoms with Gasteiger partial charge in [-0.2, -0.15) is 0 Å². The number of hydrogen-bond acceptors (Lipinski definition) is 1. The number of unbranched alkanes of at least 4 members (excludes halogenated alkanes) is 13. The van der Waals surface area contributed by atoms with Crippen molar-refractivity contribution >= 4 is 37.7 Å². The average molecular weight is 361 g/mol. The van der Waals surface area contributed by atoms with E-state index in [1.165, 1.54) is 89.9 Å². The van der Waals surface area contributed by atoms with Crippen LogP contribution in [0.1, 0.15) is 105 Å². The maximum atomic E-state index is 9.71. The average Bonchev–Trinajstić information content (AvgIpc) is 2.57. The van der Waals surface area contributed by atoms with Crippen LogP contribution in [-0.2, 0) is 6.42 Å². The van der Waals surface area contributed by atoms with E-state index in [0.29, 0.717) is 5.75 Å². The Morgan fingerprint density at radius 2 is 1.08 bits per heavy atom. The first-order valence-electron chi connectivity index (χ1n) is 10.1. The third-order valence-electron chi connectivity index (χ3n) is 4.79. The molecule has 0 saturated heterocycles. The topological polar surface area (TPSA) is 20.2 Å². The molecule has 0 unspecified atom stereocenters. The van der Waals surface area contributed by atoms with Crippen molar-refractivity contribution in [2.24, 2.45) is 0 Å². The van der Waals surface area contributed by atoms with Gasteiger partial charge >= 0.3 is 37.7 Å². The number of aryl methyl sites for hydroxylation is 1. The molecule has 0 aliphatic carbocycles. The minimum Gasteiger partial charge on any atom is -1.00 e. The fourth-order valence-electron chi connectivity index (χ4n) is 3.23. The van der Waals surface area contributed by atoms with Crippen LogP contribution in [0.15, 0.2) is 24.3 Å². The van der Waals surface area contributed by atoms with Gasteiger partial charge in [0.1, 0.15) is 5.75 Å². The predicted molar refractivity (Wildman–Crippen MR) is 110 cm³/mol. The summed E-state index contributed by atoms with van der Waals surface area (Å²) in [5.74, 6) is 0.460. The molecule has 1 N–H and O–H groups in total. The molecular formula is C22H40CaO. The second kappa shape index (κ2) is 18.1. The summed E-state index contributed by atoms with van der Waals surface area (Å²) in [5.41, 5.74) is 1.10. The van der Waals surface area contributed by atoms with E-state index >= 15 is 0 Å². The Kier molecular flexibility index (Phi) is 18.3. The van der Waals surface area contributed by atoms with Crippen LogP contribution in [-0.4, -0.2) is 42.8 Å². The normalized spacial score (nSPS) is 10.5. The zero-order valence-corrected chi connectivity index (χ0v) is 18.3. The van der Waals surface area contributed by atoms with Gasteiger partial charge < -0.3 is 7.96 Å². The molecule has 1 nitrogen and oxygen atoms in total. The minimum atomic E-state index is 0. The van der Waals surface area contributed by atoms with E-state index in [9.17, 15) is 5.11 Å². The van der Waals surface area contributed by atoms with Gasteiger partial charge in [0.05, 0.1) is 0 Å². The molecule has 0 bridgehead atoms. The van der Waals surface area contributed by atoms with Crippen molar-refractivity contribution in [3.63, 3.8) is 0 Å². The molecule has 0 atom stereocenters. The van der Waals surface area contributed by atoms with Gasteiger partial charge in [-0.1, -0.05) is 109 Å². The largest absolute Gasteiger partial charge is 2.00 e. The van der Waals surface area contributed by atoms with Crippen LogP contribution in [0.4, 0.5) is 0 Å². The molecular weight excluding hydrogens is 320 g/mol. The van der Waals surface area contributed by atoms with E-state index in [4.69, 9.17) is 0 Å². The number of aromatic hydroxyl groups is 1. The van der Waals surface area contributed by atoms with Crippen LogP contribution in [0.25, 0.3) is 0 Å². The monoisotopic (exact) mass is 360 g/mol. The van der Waals surface area contributed by atoms with Crippen molar-refractivity contribution in [1.82, 2.24) is 0 Å². The van der Waals surface area contributed by atoms with Gasteiger partial charge in [-0.05, 0) is 24.5 Å². The van der Waals surface area contributed by atoms with Crippen molar-refractivity contribution in [3.05, 3.63) is 29.8 Å². The Labute approximate surface area is 183 Å². The summed E-state index contributed by atoms with van der Waals surface area (Å²) in [6, 6.07) is 7.74. The van der Waals surface area contributed by atoms with Gasteiger partial charge in [-0.25, -0.2) is 0 Å². The van der Waals surface area contributed by atoms with E-state index < -0.39 is 0 Å². The molecule has 24 heavy (non-hydrogen) atoms. The molecule has 0 aliphatic heterocycles. The second-order valence-corrected chi connectivity index (χ2v) is 6.97. The standard InChI is InChI=1S/C22H38O.Ca.2H/c1-2-3-4-5-6-7-8-9-10-11-12-13-14-15-18-21-19-16-17-20-22(21)23;;;/h16-17,19-20,23H,2-15,18H2,1H3;;;/q;+2;2*-1. The summed E-state index contributed by atoms with van der Waals surface area (Å²) < 4.78 is 0. The van der Waals surface area contributed by atoms with Crippen molar-refractivity contribution < 1.29 is 7.96 Å². The number of hydrogen-bond donors (Lipinski definition) is 1. The molecule has 0 amide bonds. The van der Waals surface area contributed by atoms with E-state index in [1.54, 1.807) is 6.07 Å². The molecule has 1 aromatic carbocycles. The summed E-state index contributed by atoms with van der Waals surface area (Å²) in [6.45, 7) is 2.28. The van der Waals surface area contributed by atoms with Crippen LogP contribution in [0.3, 0.4) is 0 Å². The summed E-state index contributed by atoms with van der Waals surface area (Å²) in [6.07, 6.45) is 20.5. The van der Waals surface area contributed by atoms with Crippen LogP contribution < -0.4 is 0 Å². The van der Waals surface area contributed by atoms with Crippen LogP contribution in [0.2, 0.25) is 0 Å². The predicted octanol–water partition coefficient (Wildman–Crippen LogP) is 7.26. The molecule has 1 rings (SSSR count). The quantitative estimate of drug-likeness (QED) is 0.258. The van der Waals surface area contributed by atoms with Crippen molar-refractivity contribution in [1.29, 1.82) is 0 Å². The van der Waals surface area contributed by atoms with Gasteiger partial charge in [0.2, 0.25) is 0 Å². The number of para-hydroxylation sites is 1. The molecule has 0 saturated carbocycles.